The molecule has 3 rings (SSSR count). The second-order valence-corrected chi connectivity index (χ2v) is 5.17. The van der Waals surface area contributed by atoms with E-state index in [-0.39, 0.29) is 5.54 Å². The Morgan fingerprint density at radius 2 is 2.31 bits per heavy atom. The largest absolute Gasteiger partial charge is 0.438 e. The van der Waals surface area contributed by atoms with Crippen molar-refractivity contribution in [3.63, 3.8) is 0 Å². The van der Waals surface area contributed by atoms with Crippen LogP contribution >= 0.6 is 15.9 Å². The first-order valence-corrected chi connectivity index (χ1v) is 6.14. The molecule has 2 N–H and O–H groups in total. The Morgan fingerprint density at radius 1 is 1.50 bits per heavy atom. The second kappa shape index (κ2) is 3.53. The number of nitrogens with two attached hydrogens (primary N) is 1. The van der Waals surface area contributed by atoms with Crippen molar-refractivity contribution in [1.29, 1.82) is 0 Å². The highest BCUT2D eigenvalue weighted by Gasteiger charge is 2.37. The standard InChI is InChI=1S/C11H12BrN3O/c12-10-9-7(2-6-14-10)15-8(16-9)1-3-11(13)4-5-11/h2,6H,1,3-5,13H2. The number of oxazole rings is 1. The first-order chi connectivity index (χ1) is 7.66. The molecule has 4 nitrogen and oxygen atoms in total. The third kappa shape index (κ3) is 1.85. The maximum absolute atomic E-state index is 6.03. The van der Waals surface area contributed by atoms with E-state index in [4.69, 9.17) is 10.2 Å². The van der Waals surface area contributed by atoms with Crippen LogP contribution in [-0.4, -0.2) is 15.5 Å². The average molecular weight is 282 g/mol. The Balaban J connectivity index is 1.85. The summed E-state index contributed by atoms with van der Waals surface area (Å²) >= 11 is 3.34. The van der Waals surface area contributed by atoms with Crippen LogP contribution in [0.15, 0.2) is 21.3 Å². The van der Waals surface area contributed by atoms with Crippen LogP contribution in [0.4, 0.5) is 0 Å². The maximum atomic E-state index is 6.03. The van der Waals surface area contributed by atoms with Gasteiger partial charge in [0.25, 0.3) is 0 Å². The molecule has 84 valence electrons. The molecular weight excluding hydrogens is 270 g/mol. The van der Waals surface area contributed by atoms with Gasteiger partial charge in [0.2, 0.25) is 0 Å². The Kier molecular flexibility index (Phi) is 2.26. The molecule has 5 heteroatoms. The van der Waals surface area contributed by atoms with Gasteiger partial charge < -0.3 is 10.2 Å². The molecule has 16 heavy (non-hydrogen) atoms. The molecule has 2 aromatic rings. The van der Waals surface area contributed by atoms with Crippen LogP contribution in [-0.2, 0) is 6.42 Å². The minimum Gasteiger partial charge on any atom is -0.438 e. The summed E-state index contributed by atoms with van der Waals surface area (Å²) in [5.74, 6) is 0.750. The van der Waals surface area contributed by atoms with Crippen LogP contribution in [0.1, 0.15) is 25.2 Å². The molecule has 2 heterocycles. The van der Waals surface area contributed by atoms with Crippen molar-refractivity contribution >= 4 is 27.0 Å². The smallest absolute Gasteiger partial charge is 0.195 e. The minimum atomic E-state index is 0.0517. The number of rotatable bonds is 3. The van der Waals surface area contributed by atoms with Gasteiger partial charge in [0.1, 0.15) is 5.52 Å². The van der Waals surface area contributed by atoms with Crippen molar-refractivity contribution in [1.82, 2.24) is 9.97 Å². The molecule has 2 aromatic heterocycles. The van der Waals surface area contributed by atoms with Gasteiger partial charge in [-0.1, -0.05) is 0 Å². The first kappa shape index (κ1) is 10.2. The molecule has 1 aliphatic carbocycles. The number of aromatic nitrogens is 2. The third-order valence-electron chi connectivity index (χ3n) is 3.03. The number of fused-ring (bicyclic) bond motifs is 1. The highest BCUT2D eigenvalue weighted by atomic mass is 79.9. The van der Waals surface area contributed by atoms with E-state index in [1.807, 2.05) is 6.07 Å². The molecule has 0 saturated heterocycles. The molecular formula is C11H12BrN3O. The molecule has 0 unspecified atom stereocenters. The van der Waals surface area contributed by atoms with Crippen molar-refractivity contribution < 1.29 is 4.42 Å². The van der Waals surface area contributed by atoms with Gasteiger partial charge in [-0.25, -0.2) is 9.97 Å². The predicted molar refractivity (Wildman–Crippen MR) is 64.0 cm³/mol. The van der Waals surface area contributed by atoms with Gasteiger partial charge in [0.05, 0.1) is 0 Å². The molecule has 0 atom stereocenters. The summed E-state index contributed by atoms with van der Waals surface area (Å²) in [6.07, 6.45) is 5.71. The normalized spacial score (nSPS) is 17.9. The quantitative estimate of drug-likeness (QED) is 0.878. The van der Waals surface area contributed by atoms with Gasteiger partial charge >= 0.3 is 0 Å². The highest BCUT2D eigenvalue weighted by molar-refractivity contribution is 9.10. The maximum Gasteiger partial charge on any atom is 0.195 e. The number of hydrogen-bond acceptors (Lipinski definition) is 4. The van der Waals surface area contributed by atoms with E-state index in [0.717, 1.165) is 42.7 Å². The van der Waals surface area contributed by atoms with Crippen LogP contribution < -0.4 is 5.73 Å². The molecule has 0 aliphatic heterocycles. The zero-order valence-corrected chi connectivity index (χ0v) is 10.3. The van der Waals surface area contributed by atoms with Crippen LogP contribution in [0, 0.1) is 0 Å². The fourth-order valence-electron chi connectivity index (χ4n) is 1.74. The number of nitrogens with zero attached hydrogens (tertiary/aromatic N) is 2. The number of aryl methyl sites for hydroxylation is 1. The SMILES string of the molecule is NC1(CCc2nc3ccnc(Br)c3o2)CC1. The Hall–Kier alpha value is -0.940. The molecule has 0 radical (unpaired) electrons. The minimum absolute atomic E-state index is 0.0517. The van der Waals surface area contributed by atoms with Gasteiger partial charge in [-0.2, -0.15) is 0 Å². The van der Waals surface area contributed by atoms with Crippen molar-refractivity contribution in [2.45, 2.75) is 31.2 Å². The van der Waals surface area contributed by atoms with Gasteiger partial charge in [-0.3, -0.25) is 0 Å². The van der Waals surface area contributed by atoms with Crippen molar-refractivity contribution in [2.75, 3.05) is 0 Å². The summed E-state index contributed by atoms with van der Waals surface area (Å²) in [6, 6.07) is 1.85. The highest BCUT2D eigenvalue weighted by Crippen LogP contribution is 2.36. The summed E-state index contributed by atoms with van der Waals surface area (Å²) < 4.78 is 6.35. The Morgan fingerprint density at radius 3 is 3.00 bits per heavy atom. The zero-order valence-electron chi connectivity index (χ0n) is 8.74. The molecule has 0 amide bonds. The van der Waals surface area contributed by atoms with Crippen LogP contribution in [0.2, 0.25) is 0 Å². The van der Waals surface area contributed by atoms with Gasteiger partial charge in [0.15, 0.2) is 16.1 Å². The third-order valence-corrected chi connectivity index (χ3v) is 3.60. The lowest BCUT2D eigenvalue weighted by atomic mass is 10.1. The van der Waals surface area contributed by atoms with E-state index in [9.17, 15) is 0 Å². The van der Waals surface area contributed by atoms with Crippen LogP contribution in [0.25, 0.3) is 11.1 Å². The van der Waals surface area contributed by atoms with E-state index in [0.29, 0.717) is 4.60 Å². The van der Waals surface area contributed by atoms with Gasteiger partial charge in [0, 0.05) is 18.2 Å². The first-order valence-electron chi connectivity index (χ1n) is 5.35. The Bertz CT molecular complexity index is 533. The predicted octanol–water partition coefficient (Wildman–Crippen LogP) is 2.41. The second-order valence-electron chi connectivity index (χ2n) is 4.42. The molecule has 1 aliphatic rings. The zero-order chi connectivity index (χ0) is 11.2. The van der Waals surface area contributed by atoms with Gasteiger partial charge in [-0.05, 0) is 41.3 Å². The monoisotopic (exact) mass is 281 g/mol. The van der Waals surface area contributed by atoms with Crippen molar-refractivity contribution in [3.8, 4) is 0 Å². The summed E-state index contributed by atoms with van der Waals surface area (Å²) in [5, 5.41) is 0. The van der Waals surface area contributed by atoms with Gasteiger partial charge in [-0.15, -0.1) is 0 Å². The van der Waals surface area contributed by atoms with Crippen molar-refractivity contribution in [2.24, 2.45) is 5.73 Å². The molecule has 1 saturated carbocycles. The average Bonchev–Trinajstić information content (AvgIpc) is 2.84. The number of pyridine rings is 1. The number of hydrogen-bond donors (Lipinski definition) is 1. The van der Waals surface area contributed by atoms with Crippen LogP contribution in [0.3, 0.4) is 0 Å². The summed E-state index contributed by atoms with van der Waals surface area (Å²) in [7, 11) is 0. The summed E-state index contributed by atoms with van der Waals surface area (Å²) in [5.41, 5.74) is 7.65. The summed E-state index contributed by atoms with van der Waals surface area (Å²) in [4.78, 5) is 8.51. The molecule has 0 aromatic carbocycles. The number of halogens is 1. The van der Waals surface area contributed by atoms with E-state index in [1.54, 1.807) is 6.20 Å². The fourth-order valence-corrected chi connectivity index (χ4v) is 2.15. The molecule has 0 bridgehead atoms. The van der Waals surface area contributed by atoms with E-state index in [2.05, 4.69) is 25.9 Å². The topological polar surface area (TPSA) is 64.9 Å². The molecule has 0 spiro atoms. The fraction of sp³-hybridized carbons (Fsp3) is 0.455. The lowest BCUT2D eigenvalue weighted by Crippen LogP contribution is -2.22. The van der Waals surface area contributed by atoms with Crippen molar-refractivity contribution in [3.05, 3.63) is 22.8 Å². The molecule has 1 fully saturated rings. The lowest BCUT2D eigenvalue weighted by molar-refractivity contribution is 0.490. The Labute approximate surface area is 101 Å². The van der Waals surface area contributed by atoms with Crippen LogP contribution in [0.5, 0.6) is 0 Å². The summed E-state index contributed by atoms with van der Waals surface area (Å²) in [6.45, 7) is 0. The van der Waals surface area contributed by atoms with E-state index < -0.39 is 0 Å². The van der Waals surface area contributed by atoms with E-state index in [1.165, 1.54) is 0 Å². The lowest BCUT2D eigenvalue weighted by Gasteiger charge is -2.04. The van der Waals surface area contributed by atoms with E-state index >= 15 is 0 Å².